The summed E-state index contributed by atoms with van der Waals surface area (Å²) in [5.41, 5.74) is 2.72. The molecule has 3 aromatic rings. The molecule has 172 valence electrons. The number of nitrogens with zero attached hydrogens (tertiary/aromatic N) is 5. The van der Waals surface area contributed by atoms with Gasteiger partial charge in [0.15, 0.2) is 5.65 Å². The Morgan fingerprint density at radius 2 is 2.09 bits per heavy atom. The molecule has 4 rings (SSSR count). The lowest BCUT2D eigenvalue weighted by molar-refractivity contribution is -0.137. The van der Waals surface area contributed by atoms with Gasteiger partial charge in [-0.05, 0) is 50.5 Å². The van der Waals surface area contributed by atoms with Gasteiger partial charge < -0.3 is 4.90 Å². The number of aryl methyl sites for hydroxylation is 2. The maximum Gasteiger partial charge on any atom is 0.416 e. The van der Waals surface area contributed by atoms with Gasteiger partial charge in [0.1, 0.15) is 11.6 Å². The first kappa shape index (κ1) is 23.1. The average molecular weight is 474 g/mol. The number of carbonyl (C=O) groups is 1. The number of rotatable bonds is 3. The minimum atomic E-state index is -4.48. The van der Waals surface area contributed by atoms with Gasteiger partial charge in [0.05, 0.1) is 17.4 Å². The van der Waals surface area contributed by atoms with Crippen molar-refractivity contribution in [3.8, 4) is 6.07 Å². The van der Waals surface area contributed by atoms with Crippen LogP contribution in [0.1, 0.15) is 47.8 Å². The molecule has 0 bridgehead atoms. The van der Waals surface area contributed by atoms with Crippen molar-refractivity contribution < 1.29 is 18.0 Å². The van der Waals surface area contributed by atoms with Crippen molar-refractivity contribution in [3.05, 3.63) is 52.5 Å². The zero-order chi connectivity index (χ0) is 23.9. The lowest BCUT2D eigenvalue weighted by atomic mass is 10.1. The highest BCUT2D eigenvalue weighted by atomic mass is 32.2. The summed E-state index contributed by atoms with van der Waals surface area (Å²) in [6, 6.07) is 5.67. The normalized spacial score (nSPS) is 16.4. The Labute approximate surface area is 193 Å². The first-order valence-electron chi connectivity index (χ1n) is 10.5. The van der Waals surface area contributed by atoms with Crippen LogP contribution in [0.3, 0.4) is 0 Å². The van der Waals surface area contributed by atoms with Gasteiger partial charge in [0, 0.05) is 34.5 Å². The number of hydrogen-bond donors (Lipinski definition) is 0. The van der Waals surface area contributed by atoms with E-state index in [1.165, 1.54) is 28.9 Å². The largest absolute Gasteiger partial charge is 0.416 e. The predicted octanol–water partition coefficient (Wildman–Crippen LogP) is 5.09. The summed E-state index contributed by atoms with van der Waals surface area (Å²) in [5, 5.41) is 13.6. The van der Waals surface area contributed by atoms with Crippen molar-refractivity contribution in [2.75, 3.05) is 11.4 Å². The van der Waals surface area contributed by atoms with Crippen molar-refractivity contribution >= 4 is 29.0 Å². The molecular formula is C23H22F3N5OS. The van der Waals surface area contributed by atoms with Crippen LogP contribution < -0.4 is 4.90 Å². The van der Waals surface area contributed by atoms with E-state index in [2.05, 4.69) is 16.2 Å². The lowest BCUT2D eigenvalue weighted by Gasteiger charge is -2.24. The highest BCUT2D eigenvalue weighted by molar-refractivity contribution is 8.00. The number of alkyl halides is 3. The number of anilines is 1. The summed E-state index contributed by atoms with van der Waals surface area (Å²) >= 11 is 1.49. The number of thioether (sulfide) groups is 1. The quantitative estimate of drug-likeness (QED) is 0.530. The third-order valence-corrected chi connectivity index (χ3v) is 7.12. The monoisotopic (exact) mass is 473 g/mol. The summed E-state index contributed by atoms with van der Waals surface area (Å²) in [6.45, 7) is 6.04. The highest BCUT2D eigenvalue weighted by Crippen LogP contribution is 2.41. The van der Waals surface area contributed by atoms with E-state index in [-0.39, 0.29) is 17.6 Å². The van der Waals surface area contributed by atoms with E-state index in [0.717, 1.165) is 23.4 Å². The molecule has 0 saturated carbocycles. The number of aromatic nitrogens is 3. The van der Waals surface area contributed by atoms with Gasteiger partial charge in [-0.2, -0.15) is 23.5 Å². The van der Waals surface area contributed by atoms with Crippen LogP contribution in [-0.4, -0.2) is 32.3 Å². The Kier molecular flexibility index (Phi) is 6.10. The van der Waals surface area contributed by atoms with E-state index in [0.29, 0.717) is 46.9 Å². The van der Waals surface area contributed by atoms with E-state index in [9.17, 15) is 23.2 Å². The van der Waals surface area contributed by atoms with Crippen LogP contribution in [0.15, 0.2) is 29.3 Å². The first-order valence-corrected chi connectivity index (χ1v) is 11.4. The van der Waals surface area contributed by atoms with Gasteiger partial charge in [-0.25, -0.2) is 9.50 Å². The zero-order valence-electron chi connectivity index (χ0n) is 18.4. The Bertz CT molecular complexity index is 1280. The van der Waals surface area contributed by atoms with Crippen LogP contribution in [-0.2, 0) is 17.4 Å². The van der Waals surface area contributed by atoms with Crippen molar-refractivity contribution in [1.82, 2.24) is 14.6 Å². The standard InChI is InChI=1S/C23H22F3N5OS/c1-13-8-9-30(19-10-17(23(24,25)26)4-6-20(19)33-13)21(32)7-5-18-14(2)29-22-16(11-27)12-28-31(22)15(18)3/h4,6,10,12-13H,5,7-9H2,1-3H3. The molecule has 2 aromatic heterocycles. The summed E-state index contributed by atoms with van der Waals surface area (Å²) in [4.78, 5) is 19.9. The minimum Gasteiger partial charge on any atom is -0.311 e. The molecule has 0 saturated heterocycles. The molecule has 10 heteroatoms. The number of hydrogen-bond acceptors (Lipinski definition) is 5. The third kappa shape index (κ3) is 4.42. The summed E-state index contributed by atoms with van der Waals surface area (Å²) in [5.74, 6) is -0.234. The second kappa shape index (κ2) is 8.71. The fraction of sp³-hybridized carbons (Fsp3) is 0.391. The van der Waals surface area contributed by atoms with Gasteiger partial charge in [0.25, 0.3) is 0 Å². The molecule has 1 atom stereocenters. The van der Waals surface area contributed by atoms with Gasteiger partial charge >= 0.3 is 6.18 Å². The average Bonchev–Trinajstić information content (AvgIpc) is 3.08. The second-order valence-electron chi connectivity index (χ2n) is 8.11. The molecule has 33 heavy (non-hydrogen) atoms. The van der Waals surface area contributed by atoms with Crippen LogP contribution in [0.4, 0.5) is 18.9 Å². The van der Waals surface area contributed by atoms with E-state index >= 15 is 0 Å². The molecule has 0 spiro atoms. The molecule has 1 aliphatic rings. The molecular weight excluding hydrogens is 451 g/mol. The van der Waals surface area contributed by atoms with Crippen molar-refractivity contribution in [3.63, 3.8) is 0 Å². The number of amides is 1. The number of nitriles is 1. The summed E-state index contributed by atoms with van der Waals surface area (Å²) in [6.07, 6.45) is -1.85. The summed E-state index contributed by atoms with van der Waals surface area (Å²) < 4.78 is 41.6. The smallest absolute Gasteiger partial charge is 0.311 e. The topological polar surface area (TPSA) is 74.3 Å². The van der Waals surface area contributed by atoms with Crippen molar-refractivity contribution in [1.29, 1.82) is 5.26 Å². The molecule has 1 unspecified atom stereocenters. The fourth-order valence-electron chi connectivity index (χ4n) is 4.09. The van der Waals surface area contributed by atoms with Gasteiger partial charge in [-0.1, -0.05) is 6.92 Å². The zero-order valence-corrected chi connectivity index (χ0v) is 19.2. The molecule has 0 radical (unpaired) electrons. The van der Waals surface area contributed by atoms with Crippen LogP contribution in [0.5, 0.6) is 0 Å². The minimum absolute atomic E-state index is 0.121. The van der Waals surface area contributed by atoms with E-state index in [1.54, 1.807) is 4.52 Å². The predicted molar refractivity (Wildman–Crippen MR) is 119 cm³/mol. The molecule has 6 nitrogen and oxygen atoms in total. The molecule has 1 aliphatic heterocycles. The molecule has 0 fully saturated rings. The number of fused-ring (bicyclic) bond motifs is 2. The number of halogens is 3. The maximum absolute atomic E-state index is 13.3. The maximum atomic E-state index is 13.3. The Morgan fingerprint density at radius 3 is 2.79 bits per heavy atom. The van der Waals surface area contributed by atoms with Gasteiger partial charge in [-0.3, -0.25) is 4.79 Å². The van der Waals surface area contributed by atoms with Crippen LogP contribution in [0.25, 0.3) is 5.65 Å². The SMILES string of the molecule is Cc1nc2c(C#N)cnn2c(C)c1CCC(=O)N1CCC(C)Sc2ccc(C(F)(F)F)cc21. The summed E-state index contributed by atoms with van der Waals surface area (Å²) in [7, 11) is 0. The fourth-order valence-corrected chi connectivity index (χ4v) is 5.18. The second-order valence-corrected chi connectivity index (χ2v) is 9.59. The van der Waals surface area contributed by atoms with Gasteiger partial charge in [0.2, 0.25) is 5.91 Å². The highest BCUT2D eigenvalue weighted by Gasteiger charge is 2.33. The van der Waals surface area contributed by atoms with Crippen molar-refractivity contribution in [2.24, 2.45) is 0 Å². The van der Waals surface area contributed by atoms with Crippen LogP contribution >= 0.6 is 11.8 Å². The Balaban J connectivity index is 1.63. The number of carbonyl (C=O) groups excluding carboxylic acids is 1. The third-order valence-electron chi connectivity index (χ3n) is 5.88. The molecule has 1 aromatic carbocycles. The van der Waals surface area contributed by atoms with Crippen LogP contribution in [0, 0.1) is 25.2 Å². The molecule has 3 heterocycles. The molecule has 0 aliphatic carbocycles. The Morgan fingerprint density at radius 1 is 1.33 bits per heavy atom. The first-order chi connectivity index (χ1) is 15.6. The van der Waals surface area contributed by atoms with Crippen molar-refractivity contribution in [2.45, 2.75) is 56.4 Å². The number of benzene rings is 1. The van der Waals surface area contributed by atoms with E-state index < -0.39 is 11.7 Å². The molecule has 0 N–H and O–H groups in total. The van der Waals surface area contributed by atoms with E-state index in [4.69, 9.17) is 0 Å². The lowest BCUT2D eigenvalue weighted by Crippen LogP contribution is -2.32. The Hall–Kier alpha value is -3.06. The molecule has 1 amide bonds. The van der Waals surface area contributed by atoms with Crippen LogP contribution in [0.2, 0.25) is 0 Å². The van der Waals surface area contributed by atoms with E-state index in [1.807, 2.05) is 20.8 Å². The van der Waals surface area contributed by atoms with Gasteiger partial charge in [-0.15, -0.1) is 11.8 Å².